The van der Waals surface area contributed by atoms with E-state index in [-0.39, 0.29) is 6.04 Å². The Balaban J connectivity index is -0.000000448. The van der Waals surface area contributed by atoms with Crippen LogP contribution in [0.5, 0.6) is 0 Å². The number of rotatable bonds is 14. The zero-order valence-electron chi connectivity index (χ0n) is 19.7. The average Bonchev–Trinajstić information content (AvgIpc) is 2.83. The van der Waals surface area contributed by atoms with Crippen LogP contribution in [0, 0.1) is 0 Å². The first-order valence-corrected chi connectivity index (χ1v) is 10.4. The molecule has 0 aliphatic heterocycles. The van der Waals surface area contributed by atoms with Crippen molar-refractivity contribution in [3.63, 3.8) is 0 Å². The Morgan fingerprint density at radius 2 is 1.03 bits per heavy atom. The second kappa shape index (κ2) is 20.6. The summed E-state index contributed by atoms with van der Waals surface area (Å²) in [5.74, 6) is -2.45. The lowest BCUT2D eigenvalue weighted by Crippen LogP contribution is -2.50. The minimum atomic E-state index is -1.98. The molecule has 0 radical (unpaired) electrons. The van der Waals surface area contributed by atoms with Crippen molar-refractivity contribution >= 4 is 11.8 Å². The van der Waals surface area contributed by atoms with Gasteiger partial charge in [-0.05, 0) is 13.8 Å². The van der Waals surface area contributed by atoms with Crippen LogP contribution in [0.2, 0.25) is 0 Å². The van der Waals surface area contributed by atoms with E-state index in [2.05, 4.69) is 16.8 Å². The Morgan fingerprint density at radius 3 is 1.23 bits per heavy atom. The Morgan fingerprint density at radius 1 is 0.714 bits per heavy atom. The normalized spacial score (nSPS) is 19.6. The maximum absolute atomic E-state index is 10.3. The third-order valence-corrected chi connectivity index (χ3v) is 4.23. The van der Waals surface area contributed by atoms with E-state index < -0.39 is 73.9 Å². The molecule has 0 aromatic carbocycles. The highest BCUT2D eigenvalue weighted by molar-refractivity contribution is 5.79. The van der Waals surface area contributed by atoms with Gasteiger partial charge in [0.25, 0.3) is 0 Å². The number of aliphatic hydroxyl groups excluding tert-OH is 10. The first kappa shape index (κ1) is 38.0. The van der Waals surface area contributed by atoms with E-state index in [1.165, 1.54) is 0 Å². The molecule has 0 rings (SSSR count). The Labute approximate surface area is 202 Å². The minimum Gasteiger partial charge on any atom is -0.394 e. The molecular formula is C18H43N5O12. The van der Waals surface area contributed by atoms with Crippen molar-refractivity contribution < 1.29 is 60.7 Å². The number of nitrogens with two attached hydrogens (primary N) is 4. The number of hydrogen-bond donors (Lipinski definition) is 15. The van der Waals surface area contributed by atoms with Crippen molar-refractivity contribution in [3.8, 4) is 0 Å². The monoisotopic (exact) mass is 521 g/mol. The molecule has 10 atom stereocenters. The van der Waals surface area contributed by atoms with E-state index in [1.807, 2.05) is 13.8 Å². The lowest BCUT2D eigenvalue weighted by Gasteiger charge is -2.23. The number of primary amides is 2. The van der Waals surface area contributed by atoms with Gasteiger partial charge in [0, 0.05) is 25.2 Å². The summed E-state index contributed by atoms with van der Waals surface area (Å²) in [5, 5.41) is 91.1. The van der Waals surface area contributed by atoms with Gasteiger partial charge in [0.2, 0.25) is 11.8 Å². The third-order valence-electron chi connectivity index (χ3n) is 4.23. The van der Waals surface area contributed by atoms with Crippen LogP contribution in [0.15, 0.2) is 0 Å². The minimum absolute atomic E-state index is 0.221. The fourth-order valence-corrected chi connectivity index (χ4v) is 1.85. The summed E-state index contributed by atoms with van der Waals surface area (Å²) in [4.78, 5) is 20.6. The molecule has 2 amide bonds. The smallest absolute Gasteiger partial charge is 0.249 e. The van der Waals surface area contributed by atoms with Crippen molar-refractivity contribution in [1.82, 2.24) is 5.32 Å². The van der Waals surface area contributed by atoms with Crippen molar-refractivity contribution in [2.24, 2.45) is 22.9 Å². The van der Waals surface area contributed by atoms with E-state index >= 15 is 0 Å². The van der Waals surface area contributed by atoms with Gasteiger partial charge in [0.1, 0.15) is 36.6 Å². The molecule has 0 bridgehead atoms. The molecule has 35 heavy (non-hydrogen) atoms. The fourth-order valence-electron chi connectivity index (χ4n) is 1.85. The van der Waals surface area contributed by atoms with E-state index in [9.17, 15) is 9.59 Å². The van der Waals surface area contributed by atoms with Crippen LogP contribution in [-0.4, -0.2) is 150 Å². The number of nitrogens with one attached hydrogen (secondary N) is 1. The van der Waals surface area contributed by atoms with E-state index in [4.69, 9.17) is 62.5 Å². The summed E-state index contributed by atoms with van der Waals surface area (Å²) in [6, 6.07) is 0.606. The highest BCUT2D eigenvalue weighted by Gasteiger charge is 2.33. The third kappa shape index (κ3) is 17.5. The molecule has 2 unspecified atom stereocenters. The molecule has 17 heteroatoms. The van der Waals surface area contributed by atoms with E-state index in [0.29, 0.717) is 12.6 Å². The molecule has 0 aromatic rings. The van der Waals surface area contributed by atoms with Crippen LogP contribution in [0.4, 0.5) is 0 Å². The number of aliphatic hydroxyl groups is 10. The van der Waals surface area contributed by atoms with E-state index in [1.54, 1.807) is 0 Å². The molecule has 0 aromatic heterocycles. The van der Waals surface area contributed by atoms with Gasteiger partial charge in [-0.15, -0.1) is 0 Å². The first-order chi connectivity index (χ1) is 16.0. The lowest BCUT2D eigenvalue weighted by atomic mass is 10.0. The van der Waals surface area contributed by atoms with Crippen LogP contribution in [0.1, 0.15) is 13.8 Å². The quantitative estimate of drug-likeness (QED) is 0.101. The van der Waals surface area contributed by atoms with Crippen molar-refractivity contribution in [3.05, 3.63) is 0 Å². The average molecular weight is 522 g/mol. The van der Waals surface area contributed by atoms with Gasteiger partial charge in [-0.25, -0.2) is 0 Å². The maximum atomic E-state index is 10.3. The molecule has 0 spiro atoms. The van der Waals surface area contributed by atoms with Crippen LogP contribution in [-0.2, 0) is 9.59 Å². The second-order valence-electron chi connectivity index (χ2n) is 7.68. The molecule has 0 fully saturated rings. The molecule has 19 N–H and O–H groups in total. The molecule has 0 saturated heterocycles. The second-order valence-corrected chi connectivity index (χ2v) is 7.68. The highest BCUT2D eigenvalue weighted by atomic mass is 16.4. The highest BCUT2D eigenvalue weighted by Crippen LogP contribution is 2.05. The van der Waals surface area contributed by atoms with Crippen LogP contribution >= 0.6 is 0 Å². The Kier molecular flexibility index (Phi) is 22.3. The van der Waals surface area contributed by atoms with Gasteiger partial charge in [0.05, 0.1) is 13.2 Å². The maximum Gasteiger partial charge on any atom is 0.249 e. The first-order valence-electron chi connectivity index (χ1n) is 10.4. The number of hydrogen-bond acceptors (Lipinski definition) is 15. The van der Waals surface area contributed by atoms with Crippen LogP contribution in [0.3, 0.4) is 0 Å². The molecule has 0 aliphatic rings. The summed E-state index contributed by atoms with van der Waals surface area (Å²) in [6.45, 7) is 3.93. The van der Waals surface area contributed by atoms with Crippen molar-refractivity contribution in [1.29, 1.82) is 0 Å². The van der Waals surface area contributed by atoms with Gasteiger partial charge >= 0.3 is 0 Å². The lowest BCUT2D eigenvalue weighted by molar-refractivity contribution is -0.146. The number of amides is 2. The predicted molar refractivity (Wildman–Crippen MR) is 121 cm³/mol. The standard InChI is InChI=1S/C6H17N3.2C6H13NO6/c1-5(8)4-9-6(2)3-7;2*7-6(13)5(12)4(11)3(10)2(9)1-8/h5-6,9H,3-4,7-8H2,1-2H3;2*2-5,8-12H,1H2,(H2,7,13)/t;2*2-,3-,4+,5-/m.11/s1. The summed E-state index contributed by atoms with van der Waals surface area (Å²) in [5.41, 5.74) is 20.1. The van der Waals surface area contributed by atoms with Gasteiger partial charge in [-0.1, -0.05) is 0 Å². The largest absolute Gasteiger partial charge is 0.394 e. The SMILES string of the molecule is CC(N)CNC(C)CN.NC(=O)[C@H](O)[C@@H](O)[C@H](O)[C@H](O)CO.NC(=O)[C@H](O)[C@@H](O)[C@H](O)[C@H](O)CO. The van der Waals surface area contributed by atoms with Crippen LogP contribution < -0.4 is 28.3 Å². The predicted octanol–water partition coefficient (Wildman–Crippen LogP) is -8.91. The number of carbonyl (C=O) groups is 2. The van der Waals surface area contributed by atoms with Gasteiger partial charge < -0.3 is 79.3 Å². The molecule has 0 saturated carbocycles. The Bertz CT molecular complexity index is 524. The summed E-state index contributed by atoms with van der Waals surface area (Å²) < 4.78 is 0. The van der Waals surface area contributed by atoms with Gasteiger partial charge in [-0.3, -0.25) is 9.59 Å². The van der Waals surface area contributed by atoms with Crippen molar-refractivity contribution in [2.75, 3.05) is 26.3 Å². The zero-order valence-corrected chi connectivity index (χ0v) is 19.7. The molecule has 0 aliphatic carbocycles. The number of carbonyl (C=O) groups excluding carboxylic acids is 2. The summed E-state index contributed by atoms with van der Waals surface area (Å²) in [6.07, 6.45) is -14.7. The summed E-state index contributed by atoms with van der Waals surface area (Å²) >= 11 is 0. The topological polar surface area (TPSA) is 353 Å². The van der Waals surface area contributed by atoms with E-state index in [0.717, 1.165) is 6.54 Å². The van der Waals surface area contributed by atoms with Crippen molar-refractivity contribution in [2.45, 2.75) is 74.8 Å². The zero-order chi connectivity index (χ0) is 28.5. The Hall–Kier alpha value is -1.58. The van der Waals surface area contributed by atoms with Crippen LogP contribution in [0.25, 0.3) is 0 Å². The van der Waals surface area contributed by atoms with Gasteiger partial charge in [-0.2, -0.15) is 0 Å². The molecule has 0 heterocycles. The van der Waals surface area contributed by atoms with Gasteiger partial charge in [0.15, 0.2) is 12.2 Å². The summed E-state index contributed by atoms with van der Waals surface area (Å²) in [7, 11) is 0. The fraction of sp³-hybridized carbons (Fsp3) is 0.889. The molecule has 212 valence electrons. The molecular weight excluding hydrogens is 478 g/mol. The molecule has 17 nitrogen and oxygen atoms in total.